The molecule has 1 amide bonds. The van der Waals surface area contributed by atoms with Crippen LogP contribution < -0.4 is 5.32 Å². The van der Waals surface area contributed by atoms with Gasteiger partial charge in [-0.25, -0.2) is 4.79 Å². The molecule has 25 heavy (non-hydrogen) atoms. The highest BCUT2D eigenvalue weighted by molar-refractivity contribution is 7.14. The molecule has 8 heteroatoms. The summed E-state index contributed by atoms with van der Waals surface area (Å²) in [4.78, 5) is 24.3. The Kier molecular flexibility index (Phi) is 4.74. The highest BCUT2D eigenvalue weighted by Gasteiger charge is 2.22. The Balaban J connectivity index is 1.68. The number of anilines is 1. The van der Waals surface area contributed by atoms with Gasteiger partial charge in [-0.3, -0.25) is 4.79 Å². The summed E-state index contributed by atoms with van der Waals surface area (Å²) >= 11 is 7.11. The minimum Gasteiger partial charge on any atom is -0.449 e. The van der Waals surface area contributed by atoms with Crippen molar-refractivity contribution in [1.82, 2.24) is 0 Å². The Bertz CT molecular complexity index is 1000. The van der Waals surface area contributed by atoms with Crippen LogP contribution in [-0.4, -0.2) is 18.0 Å². The van der Waals surface area contributed by atoms with Gasteiger partial charge in [-0.2, -0.15) is 5.26 Å². The molecule has 2 heterocycles. The number of hydrogen-bond donors (Lipinski definition) is 1. The Labute approximate surface area is 151 Å². The average molecular weight is 375 g/mol. The quantitative estimate of drug-likeness (QED) is 0.691. The number of nitrogens with zero attached hydrogens (tertiary/aromatic N) is 1. The van der Waals surface area contributed by atoms with Gasteiger partial charge in [0.25, 0.3) is 5.91 Å². The first-order valence-electron chi connectivity index (χ1n) is 7.16. The third kappa shape index (κ3) is 3.65. The number of halogens is 1. The molecule has 6 nitrogen and oxygen atoms in total. The van der Waals surface area contributed by atoms with Crippen molar-refractivity contribution in [3.8, 4) is 6.07 Å². The van der Waals surface area contributed by atoms with Crippen molar-refractivity contribution < 1.29 is 18.7 Å². The number of fused-ring (bicyclic) bond motifs is 1. The summed E-state index contributed by atoms with van der Waals surface area (Å²) in [7, 11) is 0. The van der Waals surface area contributed by atoms with E-state index in [4.69, 9.17) is 26.0 Å². The lowest BCUT2D eigenvalue weighted by molar-refractivity contribution is -0.123. The largest absolute Gasteiger partial charge is 0.449 e. The Morgan fingerprint density at radius 3 is 2.92 bits per heavy atom. The van der Waals surface area contributed by atoms with E-state index in [0.717, 1.165) is 0 Å². The molecule has 3 aromatic rings. The number of amides is 1. The normalized spacial score (nSPS) is 11.7. The molecule has 0 saturated carbocycles. The molecular weight excluding hydrogens is 364 g/mol. The fourth-order valence-electron chi connectivity index (χ4n) is 2.09. The van der Waals surface area contributed by atoms with Crippen LogP contribution in [0.25, 0.3) is 11.0 Å². The lowest BCUT2D eigenvalue weighted by Crippen LogP contribution is -2.29. The molecule has 0 aliphatic carbocycles. The second-order valence-electron chi connectivity index (χ2n) is 5.10. The first kappa shape index (κ1) is 17.0. The second-order valence-corrected chi connectivity index (χ2v) is 6.46. The number of carbonyl (C=O) groups is 2. The zero-order chi connectivity index (χ0) is 18.0. The van der Waals surface area contributed by atoms with Gasteiger partial charge in [0.2, 0.25) is 5.76 Å². The van der Waals surface area contributed by atoms with Crippen molar-refractivity contribution in [2.75, 3.05) is 5.32 Å². The lowest BCUT2D eigenvalue weighted by Gasteiger charge is -2.11. The number of hydrogen-bond acceptors (Lipinski definition) is 6. The molecule has 3 rings (SSSR count). The first-order valence-corrected chi connectivity index (χ1v) is 8.42. The predicted molar refractivity (Wildman–Crippen MR) is 93.8 cm³/mol. The zero-order valence-electron chi connectivity index (χ0n) is 12.9. The minimum absolute atomic E-state index is 0.0224. The minimum atomic E-state index is -1.06. The van der Waals surface area contributed by atoms with Gasteiger partial charge in [0, 0.05) is 10.4 Å². The maximum Gasteiger partial charge on any atom is 0.375 e. The summed E-state index contributed by atoms with van der Waals surface area (Å²) in [6.07, 6.45) is -1.06. The number of thiophene rings is 1. The van der Waals surface area contributed by atoms with E-state index in [0.29, 0.717) is 26.6 Å². The molecule has 1 atom stereocenters. The van der Waals surface area contributed by atoms with Crippen LogP contribution in [0.2, 0.25) is 5.02 Å². The van der Waals surface area contributed by atoms with Gasteiger partial charge < -0.3 is 14.5 Å². The van der Waals surface area contributed by atoms with Gasteiger partial charge in [-0.1, -0.05) is 11.6 Å². The molecule has 1 N–H and O–H groups in total. The summed E-state index contributed by atoms with van der Waals surface area (Å²) in [5.74, 6) is -1.32. The second kappa shape index (κ2) is 6.97. The van der Waals surface area contributed by atoms with E-state index >= 15 is 0 Å². The van der Waals surface area contributed by atoms with Crippen molar-refractivity contribution in [3.05, 3.63) is 52.1 Å². The van der Waals surface area contributed by atoms with E-state index < -0.39 is 18.0 Å². The zero-order valence-corrected chi connectivity index (χ0v) is 14.5. The van der Waals surface area contributed by atoms with Crippen molar-refractivity contribution in [3.63, 3.8) is 0 Å². The summed E-state index contributed by atoms with van der Waals surface area (Å²) in [5.41, 5.74) is 0.844. The lowest BCUT2D eigenvalue weighted by atomic mass is 10.2. The van der Waals surface area contributed by atoms with E-state index in [1.165, 1.54) is 24.3 Å². The van der Waals surface area contributed by atoms with Crippen LogP contribution in [0, 0.1) is 11.3 Å². The summed E-state index contributed by atoms with van der Waals surface area (Å²) < 4.78 is 10.5. The predicted octanol–water partition coefficient (Wildman–Crippen LogP) is 4.20. The third-order valence-corrected chi connectivity index (χ3v) is 4.42. The van der Waals surface area contributed by atoms with Gasteiger partial charge in [0.05, 0.1) is 5.56 Å². The molecule has 1 aromatic carbocycles. The van der Waals surface area contributed by atoms with Crippen LogP contribution in [0.5, 0.6) is 0 Å². The maximum atomic E-state index is 12.2. The molecule has 0 saturated heterocycles. The van der Waals surface area contributed by atoms with Gasteiger partial charge in [-0.15, -0.1) is 11.3 Å². The van der Waals surface area contributed by atoms with Crippen LogP contribution in [0.1, 0.15) is 23.0 Å². The van der Waals surface area contributed by atoms with Gasteiger partial charge >= 0.3 is 5.97 Å². The van der Waals surface area contributed by atoms with Crippen molar-refractivity contribution in [2.45, 2.75) is 13.0 Å². The van der Waals surface area contributed by atoms with Crippen LogP contribution >= 0.6 is 22.9 Å². The molecule has 0 spiro atoms. The number of nitriles is 1. The maximum absolute atomic E-state index is 12.2. The molecule has 2 aromatic heterocycles. The van der Waals surface area contributed by atoms with E-state index in [1.54, 1.807) is 29.6 Å². The third-order valence-electron chi connectivity index (χ3n) is 3.35. The molecule has 126 valence electrons. The molecule has 0 aliphatic rings. The number of esters is 1. The molecule has 0 fully saturated rings. The summed E-state index contributed by atoms with van der Waals surface area (Å²) in [6.45, 7) is 1.44. The fraction of sp³-hybridized carbons (Fsp3) is 0.118. The standard InChI is InChI=1S/C17H11ClN2O4S/c1-9(15(21)20-16-10(8-19)4-5-25-16)23-17(22)14-7-11-6-12(18)2-3-13(11)24-14/h2-7,9H,1H3,(H,20,21)/t9-/m0/s1. The SMILES string of the molecule is C[C@H](OC(=O)c1cc2cc(Cl)ccc2o1)C(=O)Nc1sccc1C#N. The monoisotopic (exact) mass is 374 g/mol. The van der Waals surface area contributed by atoms with Crippen molar-refractivity contribution >= 4 is 50.8 Å². The van der Waals surface area contributed by atoms with Crippen LogP contribution in [-0.2, 0) is 9.53 Å². The van der Waals surface area contributed by atoms with E-state index in [-0.39, 0.29) is 5.76 Å². The summed E-state index contributed by atoms with van der Waals surface area (Å²) in [6, 6.07) is 10.0. The molecule has 0 unspecified atom stereocenters. The highest BCUT2D eigenvalue weighted by Crippen LogP contribution is 2.24. The number of furan rings is 1. The van der Waals surface area contributed by atoms with E-state index in [9.17, 15) is 9.59 Å². The van der Waals surface area contributed by atoms with Crippen molar-refractivity contribution in [1.29, 1.82) is 5.26 Å². The van der Waals surface area contributed by atoms with Crippen LogP contribution in [0.4, 0.5) is 5.00 Å². The van der Waals surface area contributed by atoms with Gasteiger partial charge in [-0.05, 0) is 42.6 Å². The molecule has 0 radical (unpaired) electrons. The molecule has 0 bridgehead atoms. The van der Waals surface area contributed by atoms with Crippen LogP contribution in [0.15, 0.2) is 40.1 Å². The molecule has 0 aliphatic heterocycles. The fourth-order valence-corrected chi connectivity index (χ4v) is 3.02. The smallest absolute Gasteiger partial charge is 0.375 e. The van der Waals surface area contributed by atoms with Crippen molar-refractivity contribution in [2.24, 2.45) is 0 Å². The number of ether oxygens (including phenoxy) is 1. The van der Waals surface area contributed by atoms with E-state index in [2.05, 4.69) is 5.32 Å². The molecular formula is C17H11ClN2O4S. The number of carbonyl (C=O) groups excluding carboxylic acids is 2. The Hall–Kier alpha value is -2.82. The Morgan fingerprint density at radius 1 is 1.36 bits per heavy atom. The average Bonchev–Trinajstić information content (AvgIpc) is 3.20. The summed E-state index contributed by atoms with van der Waals surface area (Å²) in [5, 5.41) is 14.8. The number of benzene rings is 1. The topological polar surface area (TPSA) is 92.3 Å². The highest BCUT2D eigenvalue weighted by atomic mass is 35.5. The Morgan fingerprint density at radius 2 is 2.16 bits per heavy atom. The van der Waals surface area contributed by atoms with Gasteiger partial charge in [0.15, 0.2) is 6.10 Å². The first-order chi connectivity index (χ1) is 12.0. The number of nitrogens with one attached hydrogen (secondary N) is 1. The van der Waals surface area contributed by atoms with Crippen LogP contribution in [0.3, 0.4) is 0 Å². The van der Waals surface area contributed by atoms with E-state index in [1.807, 2.05) is 6.07 Å². The number of rotatable bonds is 4. The van der Waals surface area contributed by atoms with Gasteiger partial charge in [0.1, 0.15) is 16.7 Å².